The lowest BCUT2D eigenvalue weighted by Gasteiger charge is -2.42. The zero-order valence-corrected chi connectivity index (χ0v) is 12.4. The van der Waals surface area contributed by atoms with Crippen LogP contribution in [0.4, 0.5) is 0 Å². The molecule has 0 atom stereocenters. The van der Waals surface area contributed by atoms with E-state index in [-0.39, 0.29) is 17.3 Å². The van der Waals surface area contributed by atoms with Crippen molar-refractivity contribution in [2.24, 2.45) is 10.9 Å². The van der Waals surface area contributed by atoms with Gasteiger partial charge in [-0.25, -0.2) is 0 Å². The van der Waals surface area contributed by atoms with Gasteiger partial charge in [0.15, 0.2) is 5.84 Å². The first-order valence-electron chi connectivity index (χ1n) is 6.89. The smallest absolute Gasteiger partial charge is 0.227 e. The third-order valence-corrected chi connectivity index (χ3v) is 3.66. The molecule has 0 aliphatic carbocycles. The molecule has 2 rings (SSSR count). The summed E-state index contributed by atoms with van der Waals surface area (Å²) in [5.74, 6) is 0.141. The molecule has 6 nitrogen and oxygen atoms in total. The highest BCUT2D eigenvalue weighted by Gasteiger charge is 2.33. The van der Waals surface area contributed by atoms with E-state index in [1.807, 2.05) is 30.9 Å². The summed E-state index contributed by atoms with van der Waals surface area (Å²) in [5.41, 5.74) is 6.76. The standard InChI is InChI=1S/C15H21N3O3/c1-15(2)10-21-8-7-18(15)13(19)9-11-3-5-12(6-4-11)14(16)17-20/h3-6,20H,7-10H2,1-2H3,(H2,16,17). The third kappa shape index (κ3) is 3.52. The van der Waals surface area contributed by atoms with Gasteiger partial charge in [0.05, 0.1) is 25.2 Å². The fourth-order valence-corrected chi connectivity index (χ4v) is 2.44. The quantitative estimate of drug-likeness (QED) is 0.376. The highest BCUT2D eigenvalue weighted by Crippen LogP contribution is 2.20. The molecule has 1 amide bonds. The Morgan fingerprint density at radius 1 is 1.43 bits per heavy atom. The second kappa shape index (κ2) is 6.13. The second-order valence-electron chi connectivity index (χ2n) is 5.77. The van der Waals surface area contributed by atoms with Crippen molar-refractivity contribution < 1.29 is 14.7 Å². The molecule has 1 aromatic carbocycles. The Morgan fingerprint density at radius 3 is 2.67 bits per heavy atom. The maximum Gasteiger partial charge on any atom is 0.227 e. The van der Waals surface area contributed by atoms with E-state index in [9.17, 15) is 4.79 Å². The number of hydrogen-bond acceptors (Lipinski definition) is 4. The van der Waals surface area contributed by atoms with E-state index in [0.717, 1.165) is 5.56 Å². The Balaban J connectivity index is 2.05. The van der Waals surface area contributed by atoms with Gasteiger partial charge in [0.25, 0.3) is 0 Å². The van der Waals surface area contributed by atoms with E-state index in [1.165, 1.54) is 0 Å². The van der Waals surface area contributed by atoms with Gasteiger partial charge in [-0.05, 0) is 19.4 Å². The first-order valence-corrected chi connectivity index (χ1v) is 6.89. The van der Waals surface area contributed by atoms with Crippen LogP contribution in [-0.4, -0.2) is 47.1 Å². The van der Waals surface area contributed by atoms with Crippen LogP contribution in [0, 0.1) is 0 Å². The minimum absolute atomic E-state index is 0.0576. The average molecular weight is 291 g/mol. The van der Waals surface area contributed by atoms with E-state index in [4.69, 9.17) is 15.7 Å². The molecule has 0 spiro atoms. The van der Waals surface area contributed by atoms with Gasteiger partial charge in [0, 0.05) is 12.1 Å². The summed E-state index contributed by atoms with van der Waals surface area (Å²) in [6.45, 7) is 5.77. The van der Waals surface area contributed by atoms with Crippen LogP contribution in [0.5, 0.6) is 0 Å². The Kier molecular flexibility index (Phi) is 4.47. The van der Waals surface area contributed by atoms with Gasteiger partial charge in [0.1, 0.15) is 0 Å². The third-order valence-electron chi connectivity index (χ3n) is 3.66. The first kappa shape index (κ1) is 15.3. The molecule has 114 valence electrons. The van der Waals surface area contributed by atoms with Gasteiger partial charge in [-0.3, -0.25) is 4.79 Å². The predicted molar refractivity (Wildman–Crippen MR) is 79.3 cm³/mol. The number of carbonyl (C=O) groups is 1. The first-order chi connectivity index (χ1) is 9.94. The molecular weight excluding hydrogens is 270 g/mol. The summed E-state index contributed by atoms with van der Waals surface area (Å²) in [5, 5.41) is 11.6. The van der Waals surface area contributed by atoms with Gasteiger partial charge < -0.3 is 20.6 Å². The Bertz CT molecular complexity index is 538. The molecule has 3 N–H and O–H groups in total. The molecule has 1 aromatic rings. The maximum atomic E-state index is 12.4. The zero-order chi connectivity index (χ0) is 15.5. The fraction of sp³-hybridized carbons (Fsp3) is 0.467. The Hall–Kier alpha value is -2.08. The van der Waals surface area contributed by atoms with Crippen molar-refractivity contribution in [2.45, 2.75) is 25.8 Å². The van der Waals surface area contributed by atoms with Crippen LogP contribution in [0.15, 0.2) is 29.4 Å². The van der Waals surface area contributed by atoms with Crippen molar-refractivity contribution in [2.75, 3.05) is 19.8 Å². The summed E-state index contributed by atoms with van der Waals surface area (Å²) in [7, 11) is 0. The number of amides is 1. The molecule has 1 saturated heterocycles. The lowest BCUT2D eigenvalue weighted by molar-refractivity contribution is -0.145. The highest BCUT2D eigenvalue weighted by atomic mass is 16.5. The van der Waals surface area contributed by atoms with Crippen LogP contribution in [-0.2, 0) is 16.0 Å². The molecule has 6 heteroatoms. The van der Waals surface area contributed by atoms with E-state index < -0.39 is 0 Å². The summed E-state index contributed by atoms with van der Waals surface area (Å²) >= 11 is 0. The molecular formula is C15H21N3O3. The number of carbonyl (C=O) groups excluding carboxylic acids is 1. The van der Waals surface area contributed by atoms with Crippen molar-refractivity contribution in [3.05, 3.63) is 35.4 Å². The minimum Gasteiger partial charge on any atom is -0.409 e. The fourth-order valence-electron chi connectivity index (χ4n) is 2.44. The molecule has 0 saturated carbocycles. The predicted octanol–water partition coefficient (Wildman–Crippen LogP) is 0.961. The molecule has 1 aliphatic heterocycles. The van der Waals surface area contributed by atoms with Gasteiger partial charge >= 0.3 is 0 Å². The van der Waals surface area contributed by atoms with E-state index in [2.05, 4.69) is 5.16 Å². The van der Waals surface area contributed by atoms with Crippen LogP contribution in [0.3, 0.4) is 0 Å². The largest absolute Gasteiger partial charge is 0.409 e. The number of amidine groups is 1. The molecule has 1 heterocycles. The molecule has 1 aliphatic rings. The number of hydrogen-bond donors (Lipinski definition) is 2. The van der Waals surface area contributed by atoms with Crippen molar-refractivity contribution >= 4 is 11.7 Å². The van der Waals surface area contributed by atoms with Crippen LogP contribution in [0.2, 0.25) is 0 Å². The Labute approximate surface area is 124 Å². The van der Waals surface area contributed by atoms with Crippen molar-refractivity contribution in [1.82, 2.24) is 4.90 Å². The summed E-state index contributed by atoms with van der Waals surface area (Å²) < 4.78 is 5.43. The number of nitrogens with two attached hydrogens (primary N) is 1. The monoisotopic (exact) mass is 291 g/mol. The van der Waals surface area contributed by atoms with Crippen LogP contribution in [0.25, 0.3) is 0 Å². The number of nitrogens with zero attached hydrogens (tertiary/aromatic N) is 2. The lowest BCUT2D eigenvalue weighted by Crippen LogP contribution is -2.55. The molecule has 0 bridgehead atoms. The zero-order valence-electron chi connectivity index (χ0n) is 12.4. The second-order valence-corrected chi connectivity index (χ2v) is 5.77. The van der Waals surface area contributed by atoms with E-state index in [0.29, 0.717) is 31.7 Å². The van der Waals surface area contributed by atoms with E-state index >= 15 is 0 Å². The van der Waals surface area contributed by atoms with Crippen LogP contribution in [0.1, 0.15) is 25.0 Å². The van der Waals surface area contributed by atoms with Crippen molar-refractivity contribution in [3.63, 3.8) is 0 Å². The molecule has 0 radical (unpaired) electrons. The molecule has 21 heavy (non-hydrogen) atoms. The van der Waals surface area contributed by atoms with E-state index in [1.54, 1.807) is 12.1 Å². The highest BCUT2D eigenvalue weighted by molar-refractivity contribution is 5.97. The maximum absolute atomic E-state index is 12.4. The molecule has 1 fully saturated rings. The summed E-state index contributed by atoms with van der Waals surface area (Å²) in [6.07, 6.45) is 0.333. The number of oxime groups is 1. The average Bonchev–Trinajstić information content (AvgIpc) is 2.46. The van der Waals surface area contributed by atoms with Crippen LogP contribution < -0.4 is 5.73 Å². The minimum atomic E-state index is -0.275. The normalized spacial score (nSPS) is 18.6. The van der Waals surface area contributed by atoms with Crippen LogP contribution >= 0.6 is 0 Å². The summed E-state index contributed by atoms with van der Waals surface area (Å²) in [4.78, 5) is 14.3. The SMILES string of the molecule is CC1(C)COCCN1C(=O)Cc1ccc(C(N)=NO)cc1. The summed E-state index contributed by atoms with van der Waals surface area (Å²) in [6, 6.07) is 7.11. The number of morpholine rings is 1. The number of rotatable bonds is 3. The van der Waals surface area contributed by atoms with Crippen molar-refractivity contribution in [1.29, 1.82) is 0 Å². The molecule has 0 aromatic heterocycles. The topological polar surface area (TPSA) is 88.2 Å². The van der Waals surface area contributed by atoms with Gasteiger partial charge in [0.2, 0.25) is 5.91 Å². The Morgan fingerprint density at radius 2 is 2.10 bits per heavy atom. The number of ether oxygens (including phenoxy) is 1. The van der Waals surface area contributed by atoms with Gasteiger partial charge in [-0.1, -0.05) is 29.4 Å². The van der Waals surface area contributed by atoms with Gasteiger partial charge in [-0.15, -0.1) is 0 Å². The molecule has 0 unspecified atom stereocenters. The number of benzene rings is 1. The van der Waals surface area contributed by atoms with Gasteiger partial charge in [-0.2, -0.15) is 0 Å². The van der Waals surface area contributed by atoms with Crippen molar-refractivity contribution in [3.8, 4) is 0 Å². The lowest BCUT2D eigenvalue weighted by atomic mass is 10.0.